The molecule has 2 aromatic carbocycles. The maximum absolute atomic E-state index is 14.4. The number of carbonyl (C=O) groups excluding carboxylic acids is 1. The van der Waals surface area contributed by atoms with Crippen molar-refractivity contribution in [1.82, 2.24) is 24.8 Å². The minimum absolute atomic E-state index is 0.0346. The molecule has 4 aromatic rings. The molecule has 11 nitrogen and oxygen atoms in total. The highest BCUT2D eigenvalue weighted by molar-refractivity contribution is 5.97. The SMILES string of the molecule is CC(C)(COC(C)(C)CN)NC(=O)c1ccc2nc(CN3CC4(CC=C(c5cccc(OCc6ccc(C#N)cc6F)n5)CC4)C3)n(CC3CCO3)c2c1. The summed E-state index contributed by atoms with van der Waals surface area (Å²) in [6.45, 7) is 12.7. The van der Waals surface area contributed by atoms with Crippen LogP contribution in [0.1, 0.15) is 86.4 Å². The molecule has 0 saturated carbocycles. The molecule has 1 aliphatic carbocycles. The van der Waals surface area contributed by atoms with Gasteiger partial charge < -0.3 is 29.8 Å². The molecule has 0 bridgehead atoms. The Hall–Kier alpha value is -4.67. The van der Waals surface area contributed by atoms with Crippen LogP contribution >= 0.6 is 0 Å². The largest absolute Gasteiger partial charge is 0.473 e. The Kier molecular flexibility index (Phi) is 10.6. The maximum Gasteiger partial charge on any atom is 0.251 e. The molecular formula is C42H50FN7O4. The van der Waals surface area contributed by atoms with Crippen molar-refractivity contribution >= 4 is 22.5 Å². The topological polar surface area (TPSA) is 141 Å². The zero-order chi connectivity index (χ0) is 38.1. The van der Waals surface area contributed by atoms with Crippen molar-refractivity contribution in [3.63, 3.8) is 0 Å². The summed E-state index contributed by atoms with van der Waals surface area (Å²) in [4.78, 5) is 25.7. The minimum Gasteiger partial charge on any atom is -0.473 e. The van der Waals surface area contributed by atoms with E-state index in [9.17, 15) is 9.18 Å². The number of allylic oxidation sites excluding steroid dienone is 2. The fourth-order valence-electron chi connectivity index (χ4n) is 7.36. The molecule has 1 spiro atoms. The number of benzene rings is 2. The lowest BCUT2D eigenvalue weighted by molar-refractivity contribution is -0.0600. The van der Waals surface area contributed by atoms with Crippen LogP contribution in [0.25, 0.3) is 16.6 Å². The van der Waals surface area contributed by atoms with Crippen LogP contribution in [0.3, 0.4) is 0 Å². The third kappa shape index (κ3) is 8.50. The second-order valence-corrected chi connectivity index (χ2v) is 16.4. The normalized spacial score (nSPS) is 18.5. The summed E-state index contributed by atoms with van der Waals surface area (Å²) in [5, 5.41) is 12.1. The van der Waals surface area contributed by atoms with Gasteiger partial charge in [-0.3, -0.25) is 9.69 Å². The van der Waals surface area contributed by atoms with E-state index in [2.05, 4.69) is 20.9 Å². The van der Waals surface area contributed by atoms with Crippen molar-refractivity contribution in [2.45, 2.75) is 90.3 Å². The number of ether oxygens (including phenoxy) is 3. The Morgan fingerprint density at radius 3 is 2.65 bits per heavy atom. The number of nitrogens with one attached hydrogen (secondary N) is 1. The maximum atomic E-state index is 14.4. The molecule has 4 heterocycles. The van der Waals surface area contributed by atoms with Gasteiger partial charge in [-0.2, -0.15) is 5.26 Å². The van der Waals surface area contributed by atoms with Crippen LogP contribution in [-0.2, 0) is 29.2 Å². The van der Waals surface area contributed by atoms with Crippen molar-refractivity contribution < 1.29 is 23.4 Å². The number of aromatic nitrogens is 3. The van der Waals surface area contributed by atoms with Crippen molar-refractivity contribution in [3.05, 3.63) is 94.7 Å². The number of nitriles is 1. The van der Waals surface area contributed by atoms with Crippen LogP contribution in [0, 0.1) is 22.6 Å². The number of likely N-dealkylation sites (tertiary alicyclic amines) is 1. The van der Waals surface area contributed by atoms with Gasteiger partial charge in [0.25, 0.3) is 5.91 Å². The summed E-state index contributed by atoms with van der Waals surface area (Å²) >= 11 is 0. The summed E-state index contributed by atoms with van der Waals surface area (Å²) in [5.74, 6) is 0.803. The highest BCUT2D eigenvalue weighted by Crippen LogP contribution is 2.45. The number of pyridine rings is 1. The standard InChI is InChI=1S/C42H50FN7O4/c1-40(2,27-54-41(3,4)24-45)48-39(51)30-10-11-35-36(19-30)50(21-32-14-17-52-32)37(46-35)22-49-25-42(26-49)15-12-29(13-16-42)34-6-5-7-38(47-34)53-23-31-9-8-28(20-44)18-33(31)43/h5-12,18-19,32H,13-17,21-27,45H2,1-4H3,(H,48,51). The van der Waals surface area contributed by atoms with Gasteiger partial charge >= 0.3 is 0 Å². The Morgan fingerprint density at radius 2 is 1.96 bits per heavy atom. The third-order valence-electron chi connectivity index (χ3n) is 10.8. The monoisotopic (exact) mass is 735 g/mol. The number of carbonyl (C=O) groups is 1. The van der Waals surface area contributed by atoms with Crippen LogP contribution in [-0.4, -0.2) is 75.4 Å². The molecule has 1 atom stereocenters. The number of fused-ring (bicyclic) bond motifs is 1. The van der Waals surface area contributed by atoms with E-state index in [1.807, 2.05) is 64.1 Å². The van der Waals surface area contributed by atoms with Crippen LogP contribution in [0.15, 0.2) is 60.7 Å². The van der Waals surface area contributed by atoms with Crippen LogP contribution < -0.4 is 15.8 Å². The van der Waals surface area contributed by atoms with Gasteiger partial charge in [-0.25, -0.2) is 14.4 Å². The van der Waals surface area contributed by atoms with Gasteiger partial charge in [-0.1, -0.05) is 18.2 Å². The van der Waals surface area contributed by atoms with Gasteiger partial charge in [0, 0.05) is 43.4 Å². The van der Waals surface area contributed by atoms with Crippen LogP contribution in [0.2, 0.25) is 0 Å². The predicted octanol–water partition coefficient (Wildman–Crippen LogP) is 6.14. The van der Waals surface area contributed by atoms with E-state index < -0.39 is 17.0 Å². The van der Waals surface area contributed by atoms with Gasteiger partial charge in [-0.05, 0) is 101 Å². The lowest BCUT2D eigenvalue weighted by Crippen LogP contribution is -2.56. The summed E-state index contributed by atoms with van der Waals surface area (Å²) in [6, 6.07) is 17.8. The first kappa shape index (κ1) is 37.6. The summed E-state index contributed by atoms with van der Waals surface area (Å²) in [5.41, 5.74) is 10.1. The summed E-state index contributed by atoms with van der Waals surface area (Å²) in [6.07, 6.45) is 6.42. The lowest BCUT2D eigenvalue weighted by atomic mass is 9.69. The number of halogens is 1. The molecule has 7 rings (SSSR count). The number of imidazole rings is 1. The minimum atomic E-state index is -0.586. The second kappa shape index (κ2) is 15.2. The second-order valence-electron chi connectivity index (χ2n) is 16.4. The smallest absolute Gasteiger partial charge is 0.251 e. The number of nitrogens with two attached hydrogens (primary N) is 1. The molecule has 54 heavy (non-hydrogen) atoms. The highest BCUT2D eigenvalue weighted by atomic mass is 19.1. The lowest BCUT2D eigenvalue weighted by Gasteiger charge is -2.51. The third-order valence-corrected chi connectivity index (χ3v) is 10.8. The first-order chi connectivity index (χ1) is 25.8. The Balaban J connectivity index is 0.983. The number of hydrogen-bond acceptors (Lipinski definition) is 9. The molecule has 2 fully saturated rings. The zero-order valence-corrected chi connectivity index (χ0v) is 31.7. The highest BCUT2D eigenvalue weighted by Gasteiger charge is 2.44. The number of hydrogen-bond donors (Lipinski definition) is 2. The van der Waals surface area contributed by atoms with E-state index in [1.165, 1.54) is 11.6 Å². The summed E-state index contributed by atoms with van der Waals surface area (Å²) < 4.78 is 34.3. The van der Waals surface area contributed by atoms with Gasteiger partial charge in [0.1, 0.15) is 18.2 Å². The van der Waals surface area contributed by atoms with Crippen LogP contribution in [0.5, 0.6) is 5.88 Å². The molecule has 12 heteroatoms. The van der Waals surface area contributed by atoms with Crippen LogP contribution in [0.4, 0.5) is 4.39 Å². The molecule has 0 radical (unpaired) electrons. The van der Waals surface area contributed by atoms with E-state index in [0.717, 1.165) is 74.5 Å². The van der Waals surface area contributed by atoms with E-state index in [4.69, 9.17) is 35.2 Å². The van der Waals surface area contributed by atoms with Gasteiger partial charge in [0.05, 0.1) is 65.3 Å². The first-order valence-electron chi connectivity index (χ1n) is 18.8. The number of amides is 1. The molecule has 2 saturated heterocycles. The number of nitrogens with zero attached hydrogens (tertiary/aromatic N) is 5. The molecule has 3 aliphatic rings. The fraction of sp³-hybridized carbons (Fsp3) is 0.476. The summed E-state index contributed by atoms with van der Waals surface area (Å²) in [7, 11) is 0. The Bertz CT molecular complexity index is 2090. The Labute approximate surface area is 316 Å². The van der Waals surface area contributed by atoms with E-state index in [1.54, 1.807) is 18.2 Å². The number of rotatable bonds is 14. The molecule has 3 N–H and O–H groups in total. The van der Waals surface area contributed by atoms with Gasteiger partial charge in [0.15, 0.2) is 0 Å². The Morgan fingerprint density at radius 1 is 1.15 bits per heavy atom. The molecule has 2 aromatic heterocycles. The zero-order valence-electron chi connectivity index (χ0n) is 31.7. The van der Waals surface area contributed by atoms with Crippen molar-refractivity contribution in [1.29, 1.82) is 5.26 Å². The average molecular weight is 736 g/mol. The first-order valence-corrected chi connectivity index (χ1v) is 18.8. The van der Waals surface area contributed by atoms with Crippen molar-refractivity contribution in [2.24, 2.45) is 11.1 Å². The van der Waals surface area contributed by atoms with E-state index in [0.29, 0.717) is 36.7 Å². The van der Waals surface area contributed by atoms with Crippen molar-refractivity contribution in [3.8, 4) is 11.9 Å². The predicted molar refractivity (Wildman–Crippen MR) is 204 cm³/mol. The molecule has 1 amide bonds. The average Bonchev–Trinajstić information content (AvgIpc) is 3.47. The molecule has 1 unspecified atom stereocenters. The quantitative estimate of drug-likeness (QED) is 0.156. The fourth-order valence-corrected chi connectivity index (χ4v) is 7.36. The van der Waals surface area contributed by atoms with E-state index >= 15 is 0 Å². The van der Waals surface area contributed by atoms with Gasteiger partial charge in [-0.15, -0.1) is 0 Å². The molecule has 284 valence electrons. The molecule has 2 aliphatic heterocycles. The van der Waals surface area contributed by atoms with Crippen molar-refractivity contribution in [2.75, 3.05) is 32.8 Å². The molecular weight excluding hydrogens is 686 g/mol. The van der Waals surface area contributed by atoms with E-state index in [-0.39, 0.29) is 29.6 Å². The van der Waals surface area contributed by atoms with Gasteiger partial charge in [0.2, 0.25) is 5.88 Å².